The van der Waals surface area contributed by atoms with Crippen LogP contribution in [0.2, 0.25) is 0 Å². The summed E-state index contributed by atoms with van der Waals surface area (Å²) >= 11 is 0. The van der Waals surface area contributed by atoms with E-state index in [1.165, 1.54) is 19.1 Å². The number of unbranched alkanes of at least 4 members (excludes halogenated alkanes) is 1. The number of carboxylic acid groups (broad SMARTS) is 1. The van der Waals surface area contributed by atoms with E-state index in [0.29, 0.717) is 18.4 Å². The van der Waals surface area contributed by atoms with Gasteiger partial charge in [0.15, 0.2) is 11.4 Å². The molecule has 0 bridgehead atoms. The summed E-state index contributed by atoms with van der Waals surface area (Å²) in [6.45, 7) is 10.6. The molecule has 0 spiro atoms. The Morgan fingerprint density at radius 3 is 1.99 bits per heavy atom. The first-order valence-corrected chi connectivity index (χ1v) is 24.9. The van der Waals surface area contributed by atoms with Crippen LogP contribution in [0.3, 0.4) is 0 Å². The second kappa shape index (κ2) is 25.8. The number of ether oxygens (including phenoxy) is 9. The molecule has 21 nitrogen and oxygen atoms in total. The van der Waals surface area contributed by atoms with Crippen LogP contribution in [0.15, 0.2) is 60.7 Å². The van der Waals surface area contributed by atoms with Gasteiger partial charge in [-0.3, -0.25) is 9.59 Å². The quantitative estimate of drug-likeness (QED) is 0.0459. The summed E-state index contributed by atoms with van der Waals surface area (Å²) < 4.78 is 51.0. The number of hydrogen-bond donors (Lipinski definition) is 5. The number of carbonyl (C=O) groups excluding carboxylic acids is 6. The van der Waals surface area contributed by atoms with Gasteiger partial charge >= 0.3 is 35.9 Å². The van der Waals surface area contributed by atoms with Crippen LogP contribution in [0.4, 0.5) is 4.79 Å². The molecule has 2 aromatic rings. The summed E-state index contributed by atoms with van der Waals surface area (Å²) in [6.07, 6.45) is -8.70. The van der Waals surface area contributed by atoms with Crippen LogP contribution >= 0.6 is 0 Å². The fraction of sp³-hybridized carbons (Fsp3) is 0.642. The highest BCUT2D eigenvalue weighted by Gasteiger charge is 2.74. The van der Waals surface area contributed by atoms with Crippen LogP contribution in [0, 0.1) is 28.6 Å². The van der Waals surface area contributed by atoms with E-state index in [9.17, 15) is 44.1 Å². The lowest BCUT2D eigenvalue weighted by Gasteiger charge is -2.62. The highest BCUT2D eigenvalue weighted by Crippen LogP contribution is 2.65. The van der Waals surface area contributed by atoms with Crippen molar-refractivity contribution < 1.29 is 96.6 Å². The third kappa shape index (κ3) is 14.4. The van der Waals surface area contributed by atoms with Crippen LogP contribution in [0.25, 0.3) is 0 Å². The van der Waals surface area contributed by atoms with Crippen molar-refractivity contribution in [2.24, 2.45) is 28.6 Å². The number of carboxylic acids is 1. The molecule has 21 heteroatoms. The zero-order valence-corrected chi connectivity index (χ0v) is 43.4. The van der Waals surface area contributed by atoms with Gasteiger partial charge in [-0.05, 0) is 57.2 Å². The SMILES string of the molecule is CCCC[C@@H](OC(=O)[C@@H](OC(=O)COCCOCCOCC(=O)O)[C@H](NC(=O)OC(C)(C)C)c1ccccc1)[C@@H]1C([C@H](O)C(=O)[C@@]2(C)[C@H](O)C[C@@H]3OC[C@]3(OC(C)=O)[C@@H]2[C@H](CO)OC(=O)c2ccccc2)C1(C)C. The first-order valence-electron chi connectivity index (χ1n) is 24.9. The van der Waals surface area contributed by atoms with Gasteiger partial charge in [0, 0.05) is 25.2 Å². The summed E-state index contributed by atoms with van der Waals surface area (Å²) in [4.78, 5) is 94.1. The molecular weight excluding hydrogens is 971 g/mol. The summed E-state index contributed by atoms with van der Waals surface area (Å²) in [5, 5.41) is 46.8. The number of aliphatic hydroxyl groups excluding tert-OH is 3. The Balaban J connectivity index is 1.45. The maximum atomic E-state index is 15.3. The van der Waals surface area contributed by atoms with Crippen molar-refractivity contribution in [2.45, 2.75) is 135 Å². The van der Waals surface area contributed by atoms with Gasteiger partial charge in [-0.25, -0.2) is 24.0 Å². The van der Waals surface area contributed by atoms with Crippen molar-refractivity contribution >= 4 is 41.7 Å². The highest BCUT2D eigenvalue weighted by molar-refractivity contribution is 5.92. The minimum absolute atomic E-state index is 0.00167. The second-order valence-electron chi connectivity index (χ2n) is 20.7. The maximum Gasteiger partial charge on any atom is 0.408 e. The molecule has 410 valence electrons. The number of nitrogens with one attached hydrogen (secondary N) is 1. The Bertz CT molecular complexity index is 2240. The number of rotatable bonds is 28. The van der Waals surface area contributed by atoms with E-state index in [2.05, 4.69) is 5.32 Å². The highest BCUT2D eigenvalue weighted by atomic mass is 16.6. The molecule has 2 saturated carbocycles. The number of fused-ring (bicyclic) bond motifs is 1. The van der Waals surface area contributed by atoms with E-state index < -0.39 is 144 Å². The summed E-state index contributed by atoms with van der Waals surface area (Å²) in [7, 11) is 0. The molecule has 5 rings (SSSR count). The fourth-order valence-corrected chi connectivity index (χ4v) is 10.5. The van der Waals surface area contributed by atoms with Gasteiger partial charge < -0.3 is 68.4 Å². The Morgan fingerprint density at radius 2 is 1.43 bits per heavy atom. The summed E-state index contributed by atoms with van der Waals surface area (Å²) in [5.41, 5.74) is -5.20. The minimum atomic E-state index is -2.06. The van der Waals surface area contributed by atoms with E-state index in [-0.39, 0.29) is 51.4 Å². The lowest BCUT2D eigenvalue weighted by molar-refractivity contribution is -0.331. The van der Waals surface area contributed by atoms with E-state index in [0.717, 1.165) is 6.92 Å². The number of carbonyl (C=O) groups is 7. The number of benzene rings is 2. The normalized spacial score (nSPS) is 25.7. The number of alkyl carbamates (subject to hydrolysis) is 1. The fourth-order valence-electron chi connectivity index (χ4n) is 10.5. The van der Waals surface area contributed by atoms with Crippen molar-refractivity contribution in [3.8, 4) is 0 Å². The van der Waals surface area contributed by atoms with Crippen molar-refractivity contribution in [2.75, 3.05) is 52.9 Å². The van der Waals surface area contributed by atoms with Crippen LogP contribution < -0.4 is 5.32 Å². The number of aliphatic carboxylic acids is 1. The molecule has 5 N–H and O–H groups in total. The Kier molecular flexibility index (Phi) is 20.7. The molecule has 74 heavy (non-hydrogen) atoms. The Labute approximate surface area is 430 Å². The molecule has 2 aliphatic carbocycles. The average molecular weight is 1040 g/mol. The Morgan fingerprint density at radius 1 is 0.824 bits per heavy atom. The number of amides is 1. The average Bonchev–Trinajstić information content (AvgIpc) is 3.92. The molecule has 1 amide bonds. The van der Waals surface area contributed by atoms with E-state index in [1.807, 2.05) is 6.92 Å². The number of hydrogen-bond acceptors (Lipinski definition) is 19. The topological polar surface area (TPSA) is 296 Å². The molecule has 0 radical (unpaired) electrons. The van der Waals surface area contributed by atoms with Gasteiger partial charge in [-0.1, -0.05) is 82.1 Å². The molecule has 3 fully saturated rings. The zero-order valence-electron chi connectivity index (χ0n) is 43.4. The van der Waals surface area contributed by atoms with Crippen LogP contribution in [-0.4, -0.2) is 163 Å². The molecule has 1 saturated heterocycles. The Hall–Kier alpha value is -5.55. The first kappa shape index (κ1) is 59.3. The predicted molar refractivity (Wildman–Crippen MR) is 259 cm³/mol. The van der Waals surface area contributed by atoms with Crippen LogP contribution in [0.1, 0.15) is 103 Å². The van der Waals surface area contributed by atoms with Crippen molar-refractivity contribution in [1.82, 2.24) is 5.32 Å². The monoisotopic (exact) mass is 1040 g/mol. The lowest BCUT2D eigenvalue weighted by atomic mass is 9.52. The molecule has 3 aliphatic rings. The molecule has 12 atom stereocenters. The van der Waals surface area contributed by atoms with Gasteiger partial charge in [-0.15, -0.1) is 0 Å². The molecule has 1 aliphatic heterocycles. The molecule has 1 unspecified atom stereocenters. The van der Waals surface area contributed by atoms with Crippen LogP contribution in [-0.2, 0) is 66.6 Å². The van der Waals surface area contributed by atoms with E-state index in [4.69, 9.17) is 47.7 Å². The summed E-state index contributed by atoms with van der Waals surface area (Å²) in [5.74, 6) is -8.90. The molecular formula is C53H73NO20. The number of Topliss-reactive ketones (excluding diaryl/α,β-unsaturated/α-hetero) is 1. The predicted octanol–water partition coefficient (Wildman–Crippen LogP) is 3.91. The second-order valence-corrected chi connectivity index (χ2v) is 20.7. The van der Waals surface area contributed by atoms with E-state index in [1.54, 1.807) is 83.1 Å². The molecule has 2 aromatic carbocycles. The third-order valence-electron chi connectivity index (χ3n) is 14.0. The molecule has 0 aromatic heterocycles. The first-order chi connectivity index (χ1) is 34.9. The summed E-state index contributed by atoms with van der Waals surface area (Å²) in [6, 6.07) is 14.7. The van der Waals surface area contributed by atoms with Crippen molar-refractivity contribution in [1.29, 1.82) is 0 Å². The lowest BCUT2D eigenvalue weighted by Crippen LogP contribution is -2.78. The molecule has 1 heterocycles. The smallest absolute Gasteiger partial charge is 0.408 e. The van der Waals surface area contributed by atoms with Gasteiger partial charge in [0.05, 0.1) is 62.6 Å². The van der Waals surface area contributed by atoms with Crippen molar-refractivity contribution in [3.05, 3.63) is 71.8 Å². The third-order valence-corrected chi connectivity index (χ3v) is 14.0. The van der Waals surface area contributed by atoms with Gasteiger partial charge in [-0.2, -0.15) is 0 Å². The standard InChI is InChI=1S/C53H73NO20/c1-9-10-21-34(70-48(64)44(72-39(60)29-68-25-23-66-22-24-67-28-38(58)59)42(32-17-13-11-14-18-32)54-49(65)74-50(3,4)5)40-41(51(40,6)7)43(61)46(62)52(8)36(57)26-37-53(30-69-37,73-31(2)56)45(52)35(27-55)71-47(63)33-19-15-12-16-20-33/h11-20,34-37,40-45,55,57,61H,9-10,21-30H2,1-8H3,(H,54,65)(H,58,59)/t34-,35+,36-,37+,40-,41?,42-,43+,44+,45-,52+,53-/m1/s1. The number of esters is 4. The van der Waals surface area contributed by atoms with Crippen LogP contribution in [0.5, 0.6) is 0 Å². The van der Waals surface area contributed by atoms with Crippen molar-refractivity contribution in [3.63, 3.8) is 0 Å². The number of aliphatic hydroxyl groups is 3. The maximum absolute atomic E-state index is 15.3. The zero-order chi connectivity index (χ0) is 54.6. The van der Waals surface area contributed by atoms with E-state index >= 15 is 4.79 Å². The van der Waals surface area contributed by atoms with Gasteiger partial charge in [0.25, 0.3) is 0 Å². The number of ketones is 1. The van der Waals surface area contributed by atoms with Gasteiger partial charge in [0.1, 0.15) is 49.3 Å². The largest absolute Gasteiger partial charge is 0.480 e. The minimum Gasteiger partial charge on any atom is -0.480 e. The van der Waals surface area contributed by atoms with Gasteiger partial charge in [0.2, 0.25) is 6.10 Å².